The van der Waals surface area contributed by atoms with Crippen LogP contribution >= 0.6 is 11.6 Å². The monoisotopic (exact) mass is 524 g/mol. The van der Waals surface area contributed by atoms with Crippen molar-refractivity contribution in [2.75, 3.05) is 38.2 Å². The molecule has 2 N–H and O–H groups in total. The van der Waals surface area contributed by atoms with Crippen molar-refractivity contribution in [2.45, 2.75) is 76.7 Å². The number of nitrogens with zero attached hydrogens (tertiary/aromatic N) is 5. The number of hydrazone groups is 1. The molecule has 0 radical (unpaired) electrons. The van der Waals surface area contributed by atoms with E-state index in [9.17, 15) is 10.1 Å². The highest BCUT2D eigenvalue weighted by atomic mass is 35.5. The molecule has 3 aliphatic heterocycles. The number of likely N-dealkylation sites (tertiary alicyclic amines) is 2. The fourth-order valence-corrected chi connectivity index (χ4v) is 7.33. The van der Waals surface area contributed by atoms with E-state index in [2.05, 4.69) is 27.9 Å². The fourth-order valence-electron chi connectivity index (χ4n) is 7.11. The standard InChI is InChI=1S/C24H30ClN5O.C5H11N/c25-20-11-19(6-5-17(20)15-26)30-21(16-3-1-2-4-16)12-22(28-30)29-9-7-24(8-10-29)13-18(14-24)23(27)31;1-6-4-2-3-5-6/h5-6,11,16,18,21H,1-4,7-10,12-14H2,(H2,27,31);2-5H2,1H3. The Balaban J connectivity index is 0.000000412. The van der Waals surface area contributed by atoms with Gasteiger partial charge in [0.1, 0.15) is 11.9 Å². The van der Waals surface area contributed by atoms with Crippen molar-refractivity contribution in [2.24, 2.45) is 28.1 Å². The number of hydrogen-bond acceptors (Lipinski definition) is 6. The molecule has 1 amide bonds. The van der Waals surface area contributed by atoms with Crippen molar-refractivity contribution in [1.29, 1.82) is 5.26 Å². The minimum atomic E-state index is -0.135. The zero-order valence-corrected chi connectivity index (χ0v) is 22.9. The maximum atomic E-state index is 11.4. The summed E-state index contributed by atoms with van der Waals surface area (Å²) in [5.74, 6) is 1.77. The van der Waals surface area contributed by atoms with Gasteiger partial charge in [-0.2, -0.15) is 10.4 Å². The first-order valence-electron chi connectivity index (χ1n) is 14.2. The van der Waals surface area contributed by atoms with E-state index in [-0.39, 0.29) is 11.8 Å². The molecule has 5 aliphatic rings. The first-order chi connectivity index (χ1) is 17.9. The zero-order chi connectivity index (χ0) is 26.0. The minimum Gasteiger partial charge on any atom is -0.369 e. The van der Waals surface area contributed by atoms with Crippen LogP contribution in [0.5, 0.6) is 0 Å². The third kappa shape index (κ3) is 5.76. The summed E-state index contributed by atoms with van der Waals surface area (Å²) in [6, 6.07) is 8.17. The van der Waals surface area contributed by atoms with Crippen molar-refractivity contribution in [3.05, 3.63) is 28.8 Å². The molecular weight excluding hydrogens is 484 g/mol. The number of amides is 1. The summed E-state index contributed by atoms with van der Waals surface area (Å²) in [6.07, 6.45) is 13.1. The van der Waals surface area contributed by atoms with E-state index in [0.717, 1.165) is 50.9 Å². The van der Waals surface area contributed by atoms with Crippen molar-refractivity contribution < 1.29 is 4.79 Å². The average Bonchev–Trinajstić information content (AvgIpc) is 3.64. The summed E-state index contributed by atoms with van der Waals surface area (Å²) >= 11 is 6.35. The van der Waals surface area contributed by atoms with Crippen LogP contribution < -0.4 is 10.7 Å². The van der Waals surface area contributed by atoms with E-state index < -0.39 is 0 Å². The first-order valence-corrected chi connectivity index (χ1v) is 14.5. The lowest BCUT2D eigenvalue weighted by molar-refractivity contribution is -0.131. The van der Waals surface area contributed by atoms with Crippen LogP contribution in [0.4, 0.5) is 5.69 Å². The largest absolute Gasteiger partial charge is 0.369 e. The Morgan fingerprint density at radius 2 is 1.78 bits per heavy atom. The number of piperidine rings is 1. The SMILES string of the molecule is CN1CCCC1.N#Cc1ccc(N2N=C(N3CCC4(CC3)CC(C(N)=O)C4)CC2C2CCCC2)cc1Cl. The van der Waals surface area contributed by atoms with Gasteiger partial charge in [0, 0.05) is 25.4 Å². The predicted molar refractivity (Wildman–Crippen MR) is 148 cm³/mol. The molecule has 2 saturated heterocycles. The molecule has 6 rings (SSSR count). The quantitative estimate of drug-likeness (QED) is 0.602. The molecule has 1 unspecified atom stereocenters. The lowest BCUT2D eigenvalue weighted by Crippen LogP contribution is -2.51. The Labute approximate surface area is 226 Å². The second-order valence-corrected chi connectivity index (χ2v) is 12.4. The summed E-state index contributed by atoms with van der Waals surface area (Å²) in [5, 5.41) is 17.0. The number of carbonyl (C=O) groups is 1. The topological polar surface area (TPSA) is 89.0 Å². The van der Waals surface area contributed by atoms with Gasteiger partial charge < -0.3 is 15.5 Å². The Bertz CT molecular complexity index is 1040. The number of hydrogen-bond donors (Lipinski definition) is 1. The highest BCUT2D eigenvalue weighted by Gasteiger charge is 2.48. The van der Waals surface area contributed by atoms with Gasteiger partial charge in [0.2, 0.25) is 5.91 Å². The highest BCUT2D eigenvalue weighted by molar-refractivity contribution is 6.32. The number of anilines is 1. The van der Waals surface area contributed by atoms with Crippen molar-refractivity contribution in [3.63, 3.8) is 0 Å². The van der Waals surface area contributed by atoms with E-state index >= 15 is 0 Å². The normalized spacial score (nSPS) is 26.0. The molecular formula is C29H41ClN6O. The van der Waals surface area contributed by atoms with E-state index in [1.165, 1.54) is 57.5 Å². The van der Waals surface area contributed by atoms with E-state index in [0.29, 0.717) is 28.0 Å². The fraction of sp³-hybridized carbons (Fsp3) is 0.690. The number of benzene rings is 1. The van der Waals surface area contributed by atoms with Gasteiger partial charge in [-0.3, -0.25) is 9.80 Å². The molecule has 0 bridgehead atoms. The Morgan fingerprint density at radius 3 is 2.32 bits per heavy atom. The van der Waals surface area contributed by atoms with Crippen LogP contribution in [0.2, 0.25) is 5.02 Å². The summed E-state index contributed by atoms with van der Waals surface area (Å²) in [5.41, 5.74) is 7.29. The van der Waals surface area contributed by atoms with Crippen LogP contribution in [0.1, 0.15) is 76.2 Å². The third-order valence-corrected chi connectivity index (χ3v) is 9.80. The van der Waals surface area contributed by atoms with Crippen molar-refractivity contribution >= 4 is 29.0 Å². The van der Waals surface area contributed by atoms with E-state index in [1.54, 1.807) is 6.07 Å². The molecule has 3 heterocycles. The number of rotatable bonds is 3. The molecule has 2 saturated carbocycles. The number of nitriles is 1. The van der Waals surface area contributed by atoms with Gasteiger partial charge in [0.15, 0.2) is 0 Å². The summed E-state index contributed by atoms with van der Waals surface area (Å²) in [4.78, 5) is 16.3. The average molecular weight is 525 g/mol. The Kier molecular flexibility index (Phi) is 7.97. The summed E-state index contributed by atoms with van der Waals surface area (Å²) in [7, 11) is 2.17. The van der Waals surface area contributed by atoms with Crippen LogP contribution in [0.3, 0.4) is 0 Å². The van der Waals surface area contributed by atoms with Gasteiger partial charge in [-0.1, -0.05) is 24.4 Å². The van der Waals surface area contributed by atoms with E-state index in [4.69, 9.17) is 22.4 Å². The number of nitrogens with two attached hydrogens (primary N) is 1. The molecule has 4 fully saturated rings. The van der Waals surface area contributed by atoms with Crippen LogP contribution in [-0.2, 0) is 4.79 Å². The lowest BCUT2D eigenvalue weighted by atomic mass is 9.57. The van der Waals surface area contributed by atoms with Gasteiger partial charge in [-0.15, -0.1) is 0 Å². The summed E-state index contributed by atoms with van der Waals surface area (Å²) < 4.78 is 0. The maximum Gasteiger partial charge on any atom is 0.220 e. The Hall–Kier alpha value is -2.30. The third-order valence-electron chi connectivity index (χ3n) is 9.49. The lowest BCUT2D eigenvalue weighted by Gasteiger charge is -2.51. The first kappa shape index (κ1) is 26.3. The molecule has 200 valence electrons. The zero-order valence-electron chi connectivity index (χ0n) is 22.2. The number of carbonyl (C=O) groups excluding carboxylic acids is 1. The highest BCUT2D eigenvalue weighted by Crippen LogP contribution is 2.52. The second kappa shape index (κ2) is 11.2. The molecule has 37 heavy (non-hydrogen) atoms. The van der Waals surface area contributed by atoms with Crippen LogP contribution in [0, 0.1) is 28.6 Å². The van der Waals surface area contributed by atoms with Crippen LogP contribution in [0.15, 0.2) is 23.3 Å². The molecule has 7 nitrogen and oxygen atoms in total. The van der Waals surface area contributed by atoms with Gasteiger partial charge >= 0.3 is 0 Å². The maximum absolute atomic E-state index is 11.4. The molecule has 2 aliphatic carbocycles. The predicted octanol–water partition coefficient (Wildman–Crippen LogP) is 4.98. The van der Waals surface area contributed by atoms with Gasteiger partial charge in [0.05, 0.1) is 22.3 Å². The minimum absolute atomic E-state index is 0.0822. The van der Waals surface area contributed by atoms with Crippen molar-refractivity contribution in [3.8, 4) is 6.07 Å². The van der Waals surface area contributed by atoms with Gasteiger partial charge in [0.25, 0.3) is 0 Å². The number of halogens is 1. The molecule has 1 aromatic carbocycles. The van der Waals surface area contributed by atoms with Gasteiger partial charge in [-0.25, -0.2) is 0 Å². The summed E-state index contributed by atoms with van der Waals surface area (Å²) in [6.45, 7) is 4.65. The number of primary amides is 1. The smallest absolute Gasteiger partial charge is 0.220 e. The molecule has 1 aromatic rings. The Morgan fingerprint density at radius 1 is 1.11 bits per heavy atom. The van der Waals surface area contributed by atoms with Crippen molar-refractivity contribution in [1.82, 2.24) is 9.80 Å². The van der Waals surface area contributed by atoms with Gasteiger partial charge in [-0.05, 0) is 101 Å². The van der Waals surface area contributed by atoms with Crippen LogP contribution in [-0.4, -0.2) is 60.8 Å². The molecule has 1 atom stereocenters. The molecule has 8 heteroatoms. The molecule has 1 spiro atoms. The van der Waals surface area contributed by atoms with Crippen LogP contribution in [0.25, 0.3) is 0 Å². The second-order valence-electron chi connectivity index (χ2n) is 12.0. The van der Waals surface area contributed by atoms with E-state index in [1.807, 2.05) is 12.1 Å². The number of amidine groups is 1. The molecule has 0 aromatic heterocycles.